The van der Waals surface area contributed by atoms with Crippen molar-refractivity contribution in [1.82, 2.24) is 15.2 Å². The molecule has 2 amide bonds. The molecule has 3 rings (SSSR count). The second-order valence-electron chi connectivity index (χ2n) is 6.46. The molecule has 0 aliphatic carbocycles. The SMILES string of the molecule is O=C(Nc1cccnc1N1CCCC1)N[C@H](CO)CN1CCOCC1. The van der Waals surface area contributed by atoms with Gasteiger partial charge in [-0.15, -0.1) is 0 Å². The summed E-state index contributed by atoms with van der Waals surface area (Å²) in [6.45, 7) is 5.46. The summed E-state index contributed by atoms with van der Waals surface area (Å²) in [7, 11) is 0. The first kappa shape index (κ1) is 17.9. The third-order valence-electron chi connectivity index (χ3n) is 4.58. The zero-order chi connectivity index (χ0) is 17.5. The molecule has 2 saturated heterocycles. The van der Waals surface area contributed by atoms with Crippen molar-refractivity contribution in [1.29, 1.82) is 0 Å². The highest BCUT2D eigenvalue weighted by atomic mass is 16.5. The van der Waals surface area contributed by atoms with E-state index < -0.39 is 0 Å². The van der Waals surface area contributed by atoms with Gasteiger partial charge in [0.25, 0.3) is 0 Å². The Balaban J connectivity index is 1.56. The van der Waals surface area contributed by atoms with E-state index in [0.29, 0.717) is 25.4 Å². The van der Waals surface area contributed by atoms with Gasteiger partial charge in [0.05, 0.1) is 31.5 Å². The van der Waals surface area contributed by atoms with Crippen molar-refractivity contribution in [3.05, 3.63) is 18.3 Å². The number of nitrogens with one attached hydrogen (secondary N) is 2. The summed E-state index contributed by atoms with van der Waals surface area (Å²) >= 11 is 0. The summed E-state index contributed by atoms with van der Waals surface area (Å²) in [5.74, 6) is 0.809. The minimum Gasteiger partial charge on any atom is -0.394 e. The van der Waals surface area contributed by atoms with Gasteiger partial charge in [-0.1, -0.05) is 0 Å². The lowest BCUT2D eigenvalue weighted by molar-refractivity contribution is 0.0308. The van der Waals surface area contributed by atoms with Gasteiger partial charge in [0.2, 0.25) is 0 Å². The standard InChI is InChI=1S/C17H27N5O3/c23-13-14(12-21-8-10-25-11-9-21)19-17(24)20-15-4-3-5-18-16(15)22-6-1-2-7-22/h3-5,14,23H,1-2,6-13H2,(H2,19,20,24)/t14-/m0/s1. The fourth-order valence-electron chi connectivity index (χ4n) is 3.26. The van der Waals surface area contributed by atoms with Gasteiger partial charge in [-0.3, -0.25) is 4.90 Å². The summed E-state index contributed by atoms with van der Waals surface area (Å²) in [6.07, 6.45) is 4.04. The molecule has 1 atom stereocenters. The van der Waals surface area contributed by atoms with Crippen LogP contribution in [0.1, 0.15) is 12.8 Å². The van der Waals surface area contributed by atoms with Crippen molar-refractivity contribution >= 4 is 17.5 Å². The topological polar surface area (TPSA) is 90.0 Å². The molecular formula is C17H27N5O3. The summed E-state index contributed by atoms with van der Waals surface area (Å²) in [4.78, 5) is 21.2. The lowest BCUT2D eigenvalue weighted by atomic mass is 10.2. The van der Waals surface area contributed by atoms with Gasteiger partial charge in [0.15, 0.2) is 5.82 Å². The number of hydrogen-bond acceptors (Lipinski definition) is 6. The van der Waals surface area contributed by atoms with Crippen molar-refractivity contribution in [3.8, 4) is 0 Å². The van der Waals surface area contributed by atoms with Crippen LogP contribution < -0.4 is 15.5 Å². The zero-order valence-corrected chi connectivity index (χ0v) is 14.5. The van der Waals surface area contributed by atoms with E-state index in [9.17, 15) is 9.90 Å². The Bertz CT molecular complexity index is 559. The molecule has 1 aromatic heterocycles. The van der Waals surface area contributed by atoms with Crippen molar-refractivity contribution in [3.63, 3.8) is 0 Å². The van der Waals surface area contributed by atoms with Crippen LogP contribution in [0, 0.1) is 0 Å². The molecule has 0 spiro atoms. The number of urea groups is 1. The van der Waals surface area contributed by atoms with Crippen LogP contribution in [0.25, 0.3) is 0 Å². The highest BCUT2D eigenvalue weighted by Gasteiger charge is 2.20. The molecule has 3 heterocycles. The van der Waals surface area contributed by atoms with Crippen molar-refractivity contribution in [2.45, 2.75) is 18.9 Å². The second kappa shape index (κ2) is 8.98. The molecule has 0 aromatic carbocycles. The van der Waals surface area contributed by atoms with Crippen molar-refractivity contribution < 1.29 is 14.6 Å². The molecule has 8 nitrogen and oxygen atoms in total. The number of aliphatic hydroxyl groups excluding tert-OH is 1. The Labute approximate surface area is 148 Å². The number of morpholine rings is 1. The normalized spacial score (nSPS) is 19.6. The molecule has 0 saturated carbocycles. The molecule has 1 aromatic rings. The Morgan fingerprint density at radius 3 is 2.76 bits per heavy atom. The Kier molecular flexibility index (Phi) is 6.43. The van der Waals surface area contributed by atoms with Crippen LogP contribution in [-0.4, -0.2) is 79.6 Å². The highest BCUT2D eigenvalue weighted by Crippen LogP contribution is 2.25. The van der Waals surface area contributed by atoms with Gasteiger partial charge in [0, 0.05) is 38.9 Å². The number of amides is 2. The van der Waals surface area contributed by atoms with Crippen molar-refractivity contribution in [2.24, 2.45) is 0 Å². The fourth-order valence-corrected chi connectivity index (χ4v) is 3.26. The maximum absolute atomic E-state index is 12.4. The third kappa shape index (κ3) is 5.04. The smallest absolute Gasteiger partial charge is 0.319 e. The number of pyridine rings is 1. The monoisotopic (exact) mass is 349 g/mol. The van der Waals surface area contributed by atoms with E-state index in [0.717, 1.165) is 44.8 Å². The molecule has 3 N–H and O–H groups in total. The lowest BCUT2D eigenvalue weighted by Crippen LogP contribution is -2.50. The van der Waals surface area contributed by atoms with E-state index in [2.05, 4.69) is 25.4 Å². The van der Waals surface area contributed by atoms with Gasteiger partial charge < -0.3 is 25.4 Å². The number of anilines is 2. The summed E-state index contributed by atoms with van der Waals surface area (Å²) in [6, 6.07) is 3.04. The number of ether oxygens (including phenoxy) is 1. The van der Waals surface area contributed by atoms with Crippen LogP contribution in [0.15, 0.2) is 18.3 Å². The van der Waals surface area contributed by atoms with Gasteiger partial charge in [-0.2, -0.15) is 0 Å². The fraction of sp³-hybridized carbons (Fsp3) is 0.647. The van der Waals surface area contributed by atoms with Gasteiger partial charge in [0.1, 0.15) is 0 Å². The van der Waals surface area contributed by atoms with E-state index in [1.54, 1.807) is 6.20 Å². The molecule has 2 aliphatic heterocycles. The lowest BCUT2D eigenvalue weighted by Gasteiger charge is -2.30. The van der Waals surface area contributed by atoms with Crippen molar-refractivity contribution in [2.75, 3.05) is 62.8 Å². The van der Waals surface area contributed by atoms with E-state index in [1.807, 2.05) is 12.1 Å². The van der Waals surface area contributed by atoms with E-state index in [4.69, 9.17) is 4.74 Å². The predicted octanol–water partition coefficient (Wildman–Crippen LogP) is 0.496. The molecule has 2 fully saturated rings. The highest BCUT2D eigenvalue weighted by molar-refractivity contribution is 5.92. The summed E-state index contributed by atoms with van der Waals surface area (Å²) < 4.78 is 5.32. The number of rotatable bonds is 6. The number of carbonyl (C=O) groups excluding carboxylic acids is 1. The summed E-state index contributed by atoms with van der Waals surface area (Å²) in [5.41, 5.74) is 0.699. The maximum Gasteiger partial charge on any atom is 0.319 e. The molecule has 25 heavy (non-hydrogen) atoms. The van der Waals surface area contributed by atoms with E-state index in [-0.39, 0.29) is 18.7 Å². The Hall–Kier alpha value is -1.90. The zero-order valence-electron chi connectivity index (χ0n) is 14.5. The van der Waals surface area contributed by atoms with Crippen LogP contribution in [-0.2, 0) is 4.74 Å². The van der Waals surface area contributed by atoms with Crippen LogP contribution in [0.2, 0.25) is 0 Å². The Morgan fingerprint density at radius 1 is 1.28 bits per heavy atom. The quantitative estimate of drug-likeness (QED) is 0.693. The first-order valence-electron chi connectivity index (χ1n) is 8.94. The molecule has 138 valence electrons. The van der Waals surface area contributed by atoms with Crippen LogP contribution in [0.3, 0.4) is 0 Å². The minimum atomic E-state index is -0.319. The maximum atomic E-state index is 12.4. The molecule has 0 bridgehead atoms. The van der Waals surface area contributed by atoms with Gasteiger partial charge >= 0.3 is 6.03 Å². The second-order valence-corrected chi connectivity index (χ2v) is 6.46. The van der Waals surface area contributed by atoms with Crippen LogP contribution >= 0.6 is 0 Å². The first-order chi connectivity index (χ1) is 12.3. The number of aromatic nitrogens is 1. The molecule has 0 unspecified atom stereocenters. The minimum absolute atomic E-state index is 0.100. The van der Waals surface area contributed by atoms with Crippen LogP contribution in [0.5, 0.6) is 0 Å². The molecule has 8 heteroatoms. The molecule has 0 radical (unpaired) electrons. The number of nitrogens with zero attached hydrogens (tertiary/aromatic N) is 3. The number of hydrogen-bond donors (Lipinski definition) is 3. The van der Waals surface area contributed by atoms with E-state index >= 15 is 0 Å². The van der Waals surface area contributed by atoms with Gasteiger partial charge in [-0.25, -0.2) is 9.78 Å². The molecule has 2 aliphatic rings. The molecular weight excluding hydrogens is 322 g/mol. The van der Waals surface area contributed by atoms with Crippen LogP contribution in [0.4, 0.5) is 16.3 Å². The third-order valence-corrected chi connectivity index (χ3v) is 4.58. The Morgan fingerprint density at radius 2 is 2.04 bits per heavy atom. The van der Waals surface area contributed by atoms with Gasteiger partial charge in [-0.05, 0) is 25.0 Å². The number of carbonyl (C=O) groups is 1. The number of aliphatic hydroxyl groups is 1. The average molecular weight is 349 g/mol. The largest absolute Gasteiger partial charge is 0.394 e. The van der Waals surface area contributed by atoms with E-state index in [1.165, 1.54) is 0 Å². The summed E-state index contributed by atoms with van der Waals surface area (Å²) in [5, 5.41) is 15.3. The first-order valence-corrected chi connectivity index (χ1v) is 8.94. The predicted molar refractivity (Wildman–Crippen MR) is 96.0 cm³/mol. The average Bonchev–Trinajstić information content (AvgIpc) is 3.17.